The molecule has 1 aromatic heterocycles. The Balaban J connectivity index is 1.36. The smallest absolute Gasteiger partial charge is 0.246 e. The quantitative estimate of drug-likeness (QED) is 0.658. The Labute approximate surface area is 150 Å². The van der Waals surface area contributed by atoms with E-state index in [2.05, 4.69) is 4.98 Å². The summed E-state index contributed by atoms with van der Waals surface area (Å²) >= 11 is 0. The van der Waals surface area contributed by atoms with E-state index in [4.69, 9.17) is 4.42 Å². The maximum atomic E-state index is 12.9. The summed E-state index contributed by atoms with van der Waals surface area (Å²) in [6.07, 6.45) is 4.94. The van der Waals surface area contributed by atoms with E-state index in [9.17, 15) is 9.18 Å². The number of nitrogens with zero attached hydrogens (tertiary/aromatic N) is 2. The first-order chi connectivity index (χ1) is 12.7. The number of carbonyl (C=O) groups is 1. The van der Waals surface area contributed by atoms with Crippen LogP contribution >= 0.6 is 0 Å². The van der Waals surface area contributed by atoms with Crippen LogP contribution in [0.2, 0.25) is 0 Å². The van der Waals surface area contributed by atoms with Crippen molar-refractivity contribution < 1.29 is 13.6 Å². The second kappa shape index (κ2) is 7.12. The molecule has 132 valence electrons. The minimum atomic E-state index is -0.283. The molecule has 0 unspecified atom stereocenters. The summed E-state index contributed by atoms with van der Waals surface area (Å²) in [5, 5.41) is 0. The summed E-state index contributed by atoms with van der Waals surface area (Å²) in [4.78, 5) is 18.8. The second-order valence-electron chi connectivity index (χ2n) is 6.50. The monoisotopic (exact) mass is 350 g/mol. The summed E-state index contributed by atoms with van der Waals surface area (Å²) in [5.74, 6) is 0.702. The zero-order valence-electron chi connectivity index (χ0n) is 14.3. The minimum absolute atomic E-state index is 0.0228. The van der Waals surface area contributed by atoms with Crippen molar-refractivity contribution in [2.75, 3.05) is 13.1 Å². The van der Waals surface area contributed by atoms with E-state index >= 15 is 0 Å². The number of carbonyl (C=O) groups excluding carboxylic acids is 1. The predicted octanol–water partition coefficient (Wildman–Crippen LogP) is 4.39. The van der Waals surface area contributed by atoms with Crippen molar-refractivity contribution in [1.82, 2.24) is 9.88 Å². The van der Waals surface area contributed by atoms with Crippen LogP contribution in [-0.2, 0) is 4.79 Å². The average Bonchev–Trinajstić information content (AvgIpc) is 3.12. The maximum absolute atomic E-state index is 12.9. The second-order valence-corrected chi connectivity index (χ2v) is 6.50. The van der Waals surface area contributed by atoms with E-state index in [0.29, 0.717) is 13.1 Å². The van der Waals surface area contributed by atoms with Crippen LogP contribution in [0.25, 0.3) is 17.2 Å². The van der Waals surface area contributed by atoms with Crippen LogP contribution in [-0.4, -0.2) is 28.9 Å². The van der Waals surface area contributed by atoms with Gasteiger partial charge in [-0.1, -0.05) is 24.3 Å². The van der Waals surface area contributed by atoms with Crippen LogP contribution in [0.15, 0.2) is 59.0 Å². The molecule has 0 saturated carbocycles. The summed E-state index contributed by atoms with van der Waals surface area (Å²) in [6.45, 7) is 1.35. The van der Waals surface area contributed by atoms with Crippen LogP contribution in [0.1, 0.15) is 30.2 Å². The van der Waals surface area contributed by atoms with Gasteiger partial charge in [-0.05, 0) is 48.7 Å². The number of oxazole rings is 1. The van der Waals surface area contributed by atoms with E-state index < -0.39 is 0 Å². The Morgan fingerprint density at radius 3 is 2.58 bits per heavy atom. The number of hydrogen-bond donors (Lipinski definition) is 0. The van der Waals surface area contributed by atoms with Gasteiger partial charge in [-0.3, -0.25) is 4.79 Å². The predicted molar refractivity (Wildman–Crippen MR) is 98.0 cm³/mol. The number of piperidine rings is 1. The molecule has 1 fully saturated rings. The molecule has 0 spiro atoms. The van der Waals surface area contributed by atoms with E-state index in [1.807, 2.05) is 29.2 Å². The summed E-state index contributed by atoms with van der Waals surface area (Å²) in [6, 6.07) is 13.8. The Kier molecular flexibility index (Phi) is 4.52. The van der Waals surface area contributed by atoms with Crippen molar-refractivity contribution in [2.24, 2.45) is 0 Å². The normalized spacial score (nSPS) is 15.8. The highest BCUT2D eigenvalue weighted by Gasteiger charge is 2.26. The van der Waals surface area contributed by atoms with E-state index in [0.717, 1.165) is 35.4 Å². The Morgan fingerprint density at radius 1 is 1.12 bits per heavy atom. The topological polar surface area (TPSA) is 46.3 Å². The van der Waals surface area contributed by atoms with Gasteiger partial charge < -0.3 is 9.32 Å². The molecule has 0 radical (unpaired) electrons. The number of amides is 1. The molecule has 2 aromatic carbocycles. The maximum Gasteiger partial charge on any atom is 0.246 e. The van der Waals surface area contributed by atoms with Crippen molar-refractivity contribution >= 4 is 23.1 Å². The lowest BCUT2D eigenvalue weighted by Gasteiger charge is -2.29. The van der Waals surface area contributed by atoms with Gasteiger partial charge >= 0.3 is 0 Å². The van der Waals surface area contributed by atoms with Crippen molar-refractivity contribution in [3.05, 3.63) is 71.9 Å². The molecular formula is C21H19FN2O2. The summed E-state index contributed by atoms with van der Waals surface area (Å²) in [7, 11) is 0. The van der Waals surface area contributed by atoms with E-state index in [-0.39, 0.29) is 17.6 Å². The molecule has 1 amide bonds. The number of halogens is 1. The molecule has 0 bridgehead atoms. The molecule has 1 aliphatic heterocycles. The molecular weight excluding hydrogens is 331 g/mol. The number of rotatable bonds is 3. The molecule has 26 heavy (non-hydrogen) atoms. The third kappa shape index (κ3) is 3.52. The molecule has 0 aliphatic carbocycles. The Morgan fingerprint density at radius 2 is 1.85 bits per heavy atom. The van der Waals surface area contributed by atoms with Gasteiger partial charge in [0.05, 0.1) is 0 Å². The number of para-hydroxylation sites is 2. The molecule has 1 saturated heterocycles. The van der Waals surface area contributed by atoms with Gasteiger partial charge in [0.1, 0.15) is 11.3 Å². The van der Waals surface area contributed by atoms with Crippen LogP contribution in [0, 0.1) is 5.82 Å². The van der Waals surface area contributed by atoms with E-state index in [1.54, 1.807) is 24.3 Å². The van der Waals surface area contributed by atoms with E-state index in [1.165, 1.54) is 12.1 Å². The van der Waals surface area contributed by atoms with Gasteiger partial charge in [-0.25, -0.2) is 9.37 Å². The first-order valence-electron chi connectivity index (χ1n) is 8.77. The molecule has 4 rings (SSSR count). The van der Waals surface area contributed by atoms with Gasteiger partial charge in [0, 0.05) is 25.1 Å². The lowest BCUT2D eigenvalue weighted by atomic mass is 9.96. The van der Waals surface area contributed by atoms with Crippen LogP contribution in [0.5, 0.6) is 0 Å². The standard InChI is InChI=1S/C21H19FN2O2/c22-17-8-5-15(6-9-17)7-10-20(25)24-13-11-16(12-14-24)21-23-18-3-1-2-4-19(18)26-21/h1-10,16H,11-14H2. The van der Waals surface area contributed by atoms with Gasteiger partial charge in [-0.15, -0.1) is 0 Å². The number of hydrogen-bond acceptors (Lipinski definition) is 3. The van der Waals surface area contributed by atoms with Gasteiger partial charge in [-0.2, -0.15) is 0 Å². The fourth-order valence-electron chi connectivity index (χ4n) is 3.26. The van der Waals surface area contributed by atoms with Crippen molar-refractivity contribution in [1.29, 1.82) is 0 Å². The number of likely N-dealkylation sites (tertiary alicyclic amines) is 1. The zero-order chi connectivity index (χ0) is 17.9. The lowest BCUT2D eigenvalue weighted by Crippen LogP contribution is -2.36. The summed E-state index contributed by atoms with van der Waals surface area (Å²) in [5.41, 5.74) is 2.49. The molecule has 0 atom stereocenters. The summed E-state index contributed by atoms with van der Waals surface area (Å²) < 4.78 is 18.8. The van der Waals surface area contributed by atoms with Crippen LogP contribution in [0.3, 0.4) is 0 Å². The highest BCUT2D eigenvalue weighted by atomic mass is 19.1. The third-order valence-corrected chi connectivity index (χ3v) is 4.75. The average molecular weight is 350 g/mol. The zero-order valence-corrected chi connectivity index (χ0v) is 14.3. The Bertz CT molecular complexity index is 905. The number of fused-ring (bicyclic) bond motifs is 1. The van der Waals surface area contributed by atoms with Gasteiger partial charge in [0.25, 0.3) is 0 Å². The number of benzene rings is 2. The molecule has 0 N–H and O–H groups in total. The highest BCUT2D eigenvalue weighted by Crippen LogP contribution is 2.30. The van der Waals surface area contributed by atoms with Crippen molar-refractivity contribution in [3.63, 3.8) is 0 Å². The van der Waals surface area contributed by atoms with Gasteiger partial charge in [0.15, 0.2) is 11.5 Å². The van der Waals surface area contributed by atoms with Crippen LogP contribution in [0.4, 0.5) is 4.39 Å². The highest BCUT2D eigenvalue weighted by molar-refractivity contribution is 5.91. The first-order valence-corrected chi connectivity index (χ1v) is 8.77. The lowest BCUT2D eigenvalue weighted by molar-refractivity contribution is -0.127. The Hall–Kier alpha value is -2.95. The number of aromatic nitrogens is 1. The molecule has 1 aliphatic rings. The first kappa shape index (κ1) is 16.5. The van der Waals surface area contributed by atoms with Gasteiger partial charge in [0.2, 0.25) is 5.91 Å². The minimum Gasteiger partial charge on any atom is -0.440 e. The van der Waals surface area contributed by atoms with Crippen LogP contribution < -0.4 is 0 Å². The fourth-order valence-corrected chi connectivity index (χ4v) is 3.26. The third-order valence-electron chi connectivity index (χ3n) is 4.75. The molecule has 4 nitrogen and oxygen atoms in total. The SMILES string of the molecule is O=C(C=Cc1ccc(F)cc1)N1CCC(c2nc3ccccc3o2)CC1. The van der Waals surface area contributed by atoms with Crippen molar-refractivity contribution in [3.8, 4) is 0 Å². The largest absolute Gasteiger partial charge is 0.440 e. The fraction of sp³-hybridized carbons (Fsp3) is 0.238. The van der Waals surface area contributed by atoms with Crippen molar-refractivity contribution in [2.45, 2.75) is 18.8 Å². The molecule has 2 heterocycles. The molecule has 5 heteroatoms. The molecule has 3 aromatic rings.